The number of ether oxygens (including phenoxy) is 1. The van der Waals surface area contributed by atoms with Gasteiger partial charge in [-0.2, -0.15) is 26.3 Å². The Morgan fingerprint density at radius 3 is 1.90 bits per heavy atom. The van der Waals surface area contributed by atoms with Gasteiger partial charge in [0.25, 0.3) is 0 Å². The fraction of sp³-hybridized carbons (Fsp3) is 0.390. The van der Waals surface area contributed by atoms with Crippen LogP contribution in [-0.2, 0) is 28.4 Å². The van der Waals surface area contributed by atoms with E-state index in [1.807, 2.05) is 12.1 Å². The average molecular weight is 732 g/mol. The Morgan fingerprint density at radius 2 is 1.44 bits per heavy atom. The molecule has 1 aliphatic rings. The maximum absolute atomic E-state index is 12.5. The molecule has 0 bridgehead atoms. The molecule has 1 heterocycles. The van der Waals surface area contributed by atoms with Gasteiger partial charge in [-0.3, -0.25) is 14.6 Å². The first-order valence-corrected chi connectivity index (χ1v) is 17.0. The summed E-state index contributed by atoms with van der Waals surface area (Å²) in [6.45, 7) is 18.4. The molecule has 0 saturated carbocycles. The molecular formula is C41H51F6N3O2. The highest BCUT2D eigenvalue weighted by molar-refractivity contribution is 5.76. The van der Waals surface area contributed by atoms with Crippen molar-refractivity contribution in [3.63, 3.8) is 0 Å². The van der Waals surface area contributed by atoms with Crippen LogP contribution in [0.2, 0.25) is 0 Å². The van der Waals surface area contributed by atoms with Gasteiger partial charge in [0, 0.05) is 39.3 Å². The third kappa shape index (κ3) is 15.2. The number of halogens is 6. The Bertz CT molecular complexity index is 1490. The number of nitrogens with two attached hydrogens (primary N) is 1. The third-order valence-electron chi connectivity index (χ3n) is 8.64. The number of allylic oxidation sites excluding steroid dienone is 2. The van der Waals surface area contributed by atoms with Gasteiger partial charge in [0.05, 0.1) is 23.8 Å². The van der Waals surface area contributed by atoms with Crippen LogP contribution in [0, 0.1) is 11.8 Å². The lowest BCUT2D eigenvalue weighted by molar-refractivity contribution is -0.143. The Morgan fingerprint density at radius 1 is 0.904 bits per heavy atom. The van der Waals surface area contributed by atoms with Crippen LogP contribution in [0.1, 0.15) is 66.7 Å². The van der Waals surface area contributed by atoms with Gasteiger partial charge in [-0.1, -0.05) is 99.0 Å². The Hall–Kier alpha value is -4.19. The van der Waals surface area contributed by atoms with E-state index in [9.17, 15) is 31.1 Å². The molecule has 0 radical (unpaired) electrons. The summed E-state index contributed by atoms with van der Waals surface area (Å²) in [5.41, 5.74) is 5.36. The Labute approximate surface area is 304 Å². The summed E-state index contributed by atoms with van der Waals surface area (Å²) in [6, 6.07) is 22.8. The number of amides is 1. The van der Waals surface area contributed by atoms with Crippen molar-refractivity contribution in [3.05, 3.63) is 145 Å². The minimum absolute atomic E-state index is 0.0892. The molecule has 11 heteroatoms. The summed E-state index contributed by atoms with van der Waals surface area (Å²) in [6.07, 6.45) is -2.99. The van der Waals surface area contributed by atoms with Crippen LogP contribution >= 0.6 is 0 Å². The molecule has 1 saturated heterocycles. The van der Waals surface area contributed by atoms with Crippen LogP contribution < -0.4 is 5.73 Å². The predicted octanol–water partition coefficient (Wildman–Crippen LogP) is 10.0. The molecule has 52 heavy (non-hydrogen) atoms. The normalized spacial score (nSPS) is 17.4. The van der Waals surface area contributed by atoms with Crippen molar-refractivity contribution >= 4 is 5.91 Å². The zero-order chi connectivity index (χ0) is 38.9. The minimum Gasteiger partial charge on any atom is -0.377 e. The maximum atomic E-state index is 12.5. The number of alkyl halides is 6. The van der Waals surface area contributed by atoms with E-state index in [2.05, 4.69) is 91.1 Å². The molecule has 0 spiro atoms. The van der Waals surface area contributed by atoms with Gasteiger partial charge in [-0.25, -0.2) is 0 Å². The highest BCUT2D eigenvalue weighted by Gasteiger charge is 2.37. The summed E-state index contributed by atoms with van der Waals surface area (Å²) in [7, 11) is 1.21. The van der Waals surface area contributed by atoms with Crippen molar-refractivity contribution in [1.29, 1.82) is 0 Å². The molecule has 284 valence electrons. The highest BCUT2D eigenvalue weighted by Crippen LogP contribution is 2.38. The van der Waals surface area contributed by atoms with E-state index >= 15 is 0 Å². The fourth-order valence-electron chi connectivity index (χ4n) is 5.94. The maximum Gasteiger partial charge on any atom is 0.416 e. The molecular weight excluding hydrogens is 680 g/mol. The molecule has 3 aromatic carbocycles. The first kappa shape index (κ1) is 44.0. The van der Waals surface area contributed by atoms with Gasteiger partial charge < -0.3 is 10.5 Å². The average Bonchev–Trinajstić information content (AvgIpc) is 3.11. The number of nitrogens with zero attached hydrogens (tertiary/aromatic N) is 2. The van der Waals surface area contributed by atoms with Crippen molar-refractivity contribution in [2.75, 3.05) is 33.3 Å². The Kier molecular flexibility index (Phi) is 18.1. The van der Waals surface area contributed by atoms with E-state index in [1.54, 1.807) is 12.2 Å². The van der Waals surface area contributed by atoms with Crippen LogP contribution in [0.5, 0.6) is 0 Å². The number of hydrogen-bond donors (Lipinski definition) is 1. The van der Waals surface area contributed by atoms with Gasteiger partial charge in [0.15, 0.2) is 0 Å². The second kappa shape index (κ2) is 21.4. The van der Waals surface area contributed by atoms with Crippen LogP contribution in [-0.4, -0.2) is 49.0 Å². The van der Waals surface area contributed by atoms with Gasteiger partial charge in [0.2, 0.25) is 5.91 Å². The van der Waals surface area contributed by atoms with E-state index < -0.39 is 29.6 Å². The smallest absolute Gasteiger partial charge is 0.377 e. The number of primary amides is 1. The molecule has 5 nitrogen and oxygen atoms in total. The summed E-state index contributed by atoms with van der Waals surface area (Å²) in [4.78, 5) is 16.6. The summed E-state index contributed by atoms with van der Waals surface area (Å²) in [5.74, 6) is 0.708. The lowest BCUT2D eigenvalue weighted by Gasteiger charge is -2.41. The second-order valence-corrected chi connectivity index (χ2v) is 12.8. The number of benzene rings is 3. The number of carbonyl (C=O) groups excluding carboxylic acids is 1. The lowest BCUT2D eigenvalue weighted by atomic mass is 9.88. The van der Waals surface area contributed by atoms with E-state index in [0.29, 0.717) is 30.5 Å². The number of hydrogen-bond acceptors (Lipinski definition) is 4. The van der Waals surface area contributed by atoms with Gasteiger partial charge in [0.1, 0.15) is 0 Å². The zero-order valence-corrected chi connectivity index (χ0v) is 30.2. The van der Waals surface area contributed by atoms with E-state index in [1.165, 1.54) is 25.2 Å². The van der Waals surface area contributed by atoms with Crippen molar-refractivity contribution < 1.29 is 35.9 Å². The highest BCUT2D eigenvalue weighted by atomic mass is 19.4. The topological polar surface area (TPSA) is 58.8 Å². The lowest BCUT2D eigenvalue weighted by Crippen LogP contribution is -2.46. The molecule has 2 N–H and O–H groups in total. The van der Waals surface area contributed by atoms with Crippen LogP contribution in [0.25, 0.3) is 0 Å². The van der Waals surface area contributed by atoms with E-state index in [4.69, 9.17) is 10.5 Å². The number of carbonyl (C=O) groups is 1. The second-order valence-electron chi connectivity index (χ2n) is 12.8. The van der Waals surface area contributed by atoms with E-state index in [-0.39, 0.29) is 23.6 Å². The molecule has 0 aliphatic carbocycles. The number of piperidine rings is 1. The van der Waals surface area contributed by atoms with Gasteiger partial charge >= 0.3 is 12.4 Å². The fourth-order valence-corrected chi connectivity index (χ4v) is 5.94. The first-order valence-electron chi connectivity index (χ1n) is 17.0. The molecule has 4 atom stereocenters. The third-order valence-corrected chi connectivity index (χ3v) is 8.64. The molecule has 1 fully saturated rings. The van der Waals surface area contributed by atoms with Gasteiger partial charge in [-0.15, -0.1) is 6.58 Å². The first-order chi connectivity index (χ1) is 24.5. The molecule has 1 amide bonds. The van der Waals surface area contributed by atoms with Crippen molar-refractivity contribution in [3.8, 4) is 0 Å². The van der Waals surface area contributed by atoms with Crippen molar-refractivity contribution in [2.45, 2.75) is 57.7 Å². The SMILES string of the molecule is C=CC(C)CN(Cc1ccccc1)C[C@H]1CC[C@@H](c2ccccc2)N(CC(N)=O)C1.C=CC=C.CO[C@H](C)c1cc(C(F)(F)F)cc(C(F)(F)F)c1. The molecule has 1 aliphatic heterocycles. The number of likely N-dealkylation sites (tertiary alicyclic amines) is 1. The summed E-state index contributed by atoms with van der Waals surface area (Å²) in [5, 5.41) is 0. The monoisotopic (exact) mass is 731 g/mol. The summed E-state index contributed by atoms with van der Waals surface area (Å²) >= 11 is 0. The van der Waals surface area contributed by atoms with Crippen LogP contribution in [0.3, 0.4) is 0 Å². The zero-order valence-electron chi connectivity index (χ0n) is 30.2. The predicted molar refractivity (Wildman–Crippen MR) is 196 cm³/mol. The molecule has 0 aromatic heterocycles. The quantitative estimate of drug-likeness (QED) is 0.108. The van der Waals surface area contributed by atoms with Crippen LogP contribution in [0.4, 0.5) is 26.3 Å². The van der Waals surface area contributed by atoms with Crippen molar-refractivity contribution in [1.82, 2.24) is 9.80 Å². The van der Waals surface area contributed by atoms with Crippen LogP contribution in [0.15, 0.2) is 117 Å². The summed E-state index contributed by atoms with van der Waals surface area (Å²) < 4.78 is 79.7. The number of methoxy groups -OCH3 is 1. The standard InChI is InChI=1S/C26H35N3O.C11H10F6O.C4H6/c1-3-21(2)16-28(17-22-10-6-4-7-11-22)18-23-14-15-25(24-12-8-5-9-13-24)29(19-23)20-26(27)30;1-6(18-2)7-3-8(10(12,13)14)5-9(4-7)11(15,16)17;1-3-4-2/h3-13,21,23,25H,1,14-20H2,2H3,(H2,27,30);3-6H,1-2H3;3-4H,1-2H2/t21?,23-,25+;6-;/m11./s1. The number of rotatable bonds is 13. The Balaban J connectivity index is 0.000000362. The van der Waals surface area contributed by atoms with E-state index in [0.717, 1.165) is 39.0 Å². The molecule has 4 rings (SSSR count). The largest absolute Gasteiger partial charge is 0.416 e. The van der Waals surface area contributed by atoms with Gasteiger partial charge in [-0.05, 0) is 66.5 Å². The van der Waals surface area contributed by atoms with Crippen molar-refractivity contribution in [2.24, 2.45) is 17.6 Å². The molecule has 1 unspecified atom stereocenters. The molecule has 3 aromatic rings. The minimum atomic E-state index is -4.83.